The molecule has 1 heterocycles. The average Bonchev–Trinajstić information content (AvgIpc) is 2.44. The lowest BCUT2D eigenvalue weighted by molar-refractivity contribution is -0.121. The summed E-state index contributed by atoms with van der Waals surface area (Å²) in [6, 6.07) is 1.48. The maximum atomic E-state index is 11.8. The normalized spacial score (nSPS) is 11.8. The predicted molar refractivity (Wildman–Crippen MR) is 84.4 cm³/mol. The van der Waals surface area contributed by atoms with E-state index in [1.54, 1.807) is 0 Å². The molecule has 1 amide bonds. The van der Waals surface area contributed by atoms with Crippen molar-refractivity contribution < 1.29 is 4.79 Å². The van der Waals surface area contributed by atoms with Gasteiger partial charge in [-0.05, 0) is 26.5 Å². The van der Waals surface area contributed by atoms with E-state index in [2.05, 4.69) is 25.9 Å². The SMILES string of the molecule is CCCNC(=O)C(C)Nc1cc(NCC)nc(SC)n1. The second-order valence-electron chi connectivity index (χ2n) is 4.31. The first-order valence-electron chi connectivity index (χ1n) is 6.81. The smallest absolute Gasteiger partial charge is 0.242 e. The number of nitrogens with zero attached hydrogens (tertiary/aromatic N) is 2. The van der Waals surface area contributed by atoms with Crippen molar-refractivity contribution in [3.8, 4) is 0 Å². The molecule has 0 aromatic carbocycles. The minimum Gasteiger partial charge on any atom is -0.370 e. The molecule has 0 saturated heterocycles. The van der Waals surface area contributed by atoms with Crippen LogP contribution in [0.25, 0.3) is 0 Å². The molecule has 20 heavy (non-hydrogen) atoms. The Morgan fingerprint density at radius 2 is 2.05 bits per heavy atom. The molecule has 0 aliphatic rings. The van der Waals surface area contributed by atoms with E-state index < -0.39 is 0 Å². The molecule has 1 rings (SSSR count). The predicted octanol–water partition coefficient (Wildman–Crippen LogP) is 1.96. The maximum Gasteiger partial charge on any atom is 0.242 e. The van der Waals surface area contributed by atoms with Crippen molar-refractivity contribution in [3.05, 3.63) is 6.07 Å². The highest BCUT2D eigenvalue weighted by Gasteiger charge is 2.13. The molecule has 0 bridgehead atoms. The van der Waals surface area contributed by atoms with Crippen LogP contribution in [-0.4, -0.2) is 41.3 Å². The zero-order valence-electron chi connectivity index (χ0n) is 12.5. The van der Waals surface area contributed by atoms with E-state index in [1.165, 1.54) is 11.8 Å². The van der Waals surface area contributed by atoms with Crippen LogP contribution >= 0.6 is 11.8 Å². The van der Waals surface area contributed by atoms with E-state index in [1.807, 2.05) is 33.1 Å². The van der Waals surface area contributed by atoms with Gasteiger partial charge in [0, 0.05) is 19.2 Å². The minimum atomic E-state index is -0.333. The lowest BCUT2D eigenvalue weighted by atomic mass is 10.3. The number of aromatic nitrogens is 2. The van der Waals surface area contributed by atoms with Crippen molar-refractivity contribution in [2.45, 2.75) is 38.4 Å². The van der Waals surface area contributed by atoms with E-state index in [9.17, 15) is 4.79 Å². The first-order valence-corrected chi connectivity index (χ1v) is 8.04. The average molecular weight is 297 g/mol. The van der Waals surface area contributed by atoms with Crippen LogP contribution in [0.2, 0.25) is 0 Å². The van der Waals surface area contributed by atoms with Crippen molar-refractivity contribution >= 4 is 29.3 Å². The number of nitrogens with one attached hydrogen (secondary N) is 3. The van der Waals surface area contributed by atoms with Gasteiger partial charge in [-0.25, -0.2) is 9.97 Å². The Balaban J connectivity index is 2.74. The van der Waals surface area contributed by atoms with Crippen LogP contribution in [0.3, 0.4) is 0 Å². The molecule has 0 radical (unpaired) electrons. The van der Waals surface area contributed by atoms with Gasteiger partial charge in [0.05, 0.1) is 0 Å². The van der Waals surface area contributed by atoms with Crippen LogP contribution in [0, 0.1) is 0 Å². The van der Waals surface area contributed by atoms with Gasteiger partial charge >= 0.3 is 0 Å². The van der Waals surface area contributed by atoms with Crippen molar-refractivity contribution in [2.75, 3.05) is 30.0 Å². The summed E-state index contributed by atoms with van der Waals surface area (Å²) in [7, 11) is 0. The fraction of sp³-hybridized carbons (Fsp3) is 0.615. The monoisotopic (exact) mass is 297 g/mol. The molecule has 1 unspecified atom stereocenters. The van der Waals surface area contributed by atoms with Crippen LogP contribution in [0.5, 0.6) is 0 Å². The van der Waals surface area contributed by atoms with Crippen molar-refractivity contribution in [1.82, 2.24) is 15.3 Å². The molecule has 0 aliphatic carbocycles. The Kier molecular flexibility index (Phi) is 7.14. The molecule has 7 heteroatoms. The van der Waals surface area contributed by atoms with Gasteiger partial charge in [-0.3, -0.25) is 4.79 Å². The second-order valence-corrected chi connectivity index (χ2v) is 5.09. The maximum absolute atomic E-state index is 11.8. The summed E-state index contributed by atoms with van der Waals surface area (Å²) in [6.07, 6.45) is 2.85. The van der Waals surface area contributed by atoms with E-state index >= 15 is 0 Å². The Morgan fingerprint density at radius 1 is 1.35 bits per heavy atom. The number of rotatable bonds is 8. The molecule has 112 valence electrons. The molecule has 0 spiro atoms. The first-order chi connectivity index (χ1) is 9.60. The van der Waals surface area contributed by atoms with Gasteiger partial charge < -0.3 is 16.0 Å². The molecule has 6 nitrogen and oxygen atoms in total. The number of hydrogen-bond acceptors (Lipinski definition) is 6. The van der Waals surface area contributed by atoms with Crippen LogP contribution in [0.4, 0.5) is 11.6 Å². The summed E-state index contributed by atoms with van der Waals surface area (Å²) in [5.41, 5.74) is 0. The molecule has 0 fully saturated rings. The summed E-state index contributed by atoms with van der Waals surface area (Å²) in [4.78, 5) is 20.5. The van der Waals surface area contributed by atoms with Gasteiger partial charge in [0.25, 0.3) is 0 Å². The van der Waals surface area contributed by atoms with Gasteiger partial charge in [-0.2, -0.15) is 0 Å². The Hall–Kier alpha value is -1.50. The first kappa shape index (κ1) is 16.6. The Bertz CT molecular complexity index is 441. The number of hydrogen-bond donors (Lipinski definition) is 3. The van der Waals surface area contributed by atoms with Crippen molar-refractivity contribution in [2.24, 2.45) is 0 Å². The topological polar surface area (TPSA) is 78.9 Å². The van der Waals surface area contributed by atoms with Gasteiger partial charge in [0.2, 0.25) is 5.91 Å². The summed E-state index contributed by atoms with van der Waals surface area (Å²) in [6.45, 7) is 7.33. The van der Waals surface area contributed by atoms with Gasteiger partial charge in [0.1, 0.15) is 17.7 Å². The number of carbonyl (C=O) groups is 1. The third-order valence-electron chi connectivity index (χ3n) is 2.55. The van der Waals surface area contributed by atoms with Gasteiger partial charge in [0.15, 0.2) is 5.16 Å². The van der Waals surface area contributed by atoms with Crippen LogP contribution in [-0.2, 0) is 4.79 Å². The number of amides is 1. The van der Waals surface area contributed by atoms with E-state index in [0.717, 1.165) is 18.8 Å². The highest BCUT2D eigenvalue weighted by molar-refractivity contribution is 7.98. The number of thioether (sulfide) groups is 1. The third-order valence-corrected chi connectivity index (χ3v) is 3.10. The quantitative estimate of drug-likeness (QED) is 0.503. The van der Waals surface area contributed by atoms with Gasteiger partial charge in [-0.15, -0.1) is 0 Å². The van der Waals surface area contributed by atoms with E-state index in [4.69, 9.17) is 0 Å². The number of anilines is 2. The summed E-state index contributed by atoms with van der Waals surface area (Å²) >= 11 is 1.47. The summed E-state index contributed by atoms with van der Waals surface area (Å²) < 4.78 is 0. The fourth-order valence-corrected chi connectivity index (χ4v) is 1.93. The van der Waals surface area contributed by atoms with E-state index in [-0.39, 0.29) is 11.9 Å². The molecular weight excluding hydrogens is 274 g/mol. The molecule has 0 saturated carbocycles. The highest BCUT2D eigenvalue weighted by Crippen LogP contribution is 2.17. The minimum absolute atomic E-state index is 0.0267. The second kappa shape index (κ2) is 8.63. The lowest BCUT2D eigenvalue weighted by Crippen LogP contribution is -2.38. The molecule has 0 aliphatic heterocycles. The molecule has 1 atom stereocenters. The zero-order chi connectivity index (χ0) is 15.0. The van der Waals surface area contributed by atoms with Gasteiger partial charge in [-0.1, -0.05) is 18.7 Å². The molecule has 1 aromatic heterocycles. The van der Waals surface area contributed by atoms with Crippen LogP contribution in [0.1, 0.15) is 27.2 Å². The summed E-state index contributed by atoms with van der Waals surface area (Å²) in [5, 5.41) is 9.79. The number of carbonyl (C=O) groups excluding carboxylic acids is 1. The van der Waals surface area contributed by atoms with Crippen molar-refractivity contribution in [3.63, 3.8) is 0 Å². The largest absolute Gasteiger partial charge is 0.370 e. The third kappa shape index (κ3) is 5.24. The molecule has 1 aromatic rings. The standard InChI is InChI=1S/C13H23N5OS/c1-5-7-15-12(19)9(3)16-11-8-10(14-6-2)17-13(18-11)20-4/h8-9H,5-7H2,1-4H3,(H,15,19)(H2,14,16,17,18). The Labute approximate surface area is 124 Å². The van der Waals surface area contributed by atoms with Crippen molar-refractivity contribution in [1.29, 1.82) is 0 Å². The molecular formula is C13H23N5OS. The van der Waals surface area contributed by atoms with Crippen LogP contribution < -0.4 is 16.0 Å². The van der Waals surface area contributed by atoms with E-state index in [0.29, 0.717) is 17.5 Å². The summed E-state index contributed by atoms with van der Waals surface area (Å²) in [5.74, 6) is 1.39. The fourth-order valence-electron chi connectivity index (χ4n) is 1.55. The Morgan fingerprint density at radius 3 is 2.65 bits per heavy atom. The van der Waals surface area contributed by atoms with Crippen LogP contribution in [0.15, 0.2) is 11.2 Å². The lowest BCUT2D eigenvalue weighted by Gasteiger charge is -2.15. The zero-order valence-corrected chi connectivity index (χ0v) is 13.3. The molecule has 3 N–H and O–H groups in total. The highest BCUT2D eigenvalue weighted by atomic mass is 32.2.